The number of benzene rings is 1. The Bertz CT molecular complexity index is 630. The lowest BCUT2D eigenvalue weighted by atomic mass is 10.1. The zero-order valence-electron chi connectivity index (χ0n) is 13.3. The van der Waals surface area contributed by atoms with E-state index in [-0.39, 0.29) is 0 Å². The molecule has 0 radical (unpaired) electrons. The van der Waals surface area contributed by atoms with E-state index in [9.17, 15) is 0 Å². The summed E-state index contributed by atoms with van der Waals surface area (Å²) in [6.45, 7) is 3.68. The molecule has 2 unspecified atom stereocenters. The van der Waals surface area contributed by atoms with Crippen molar-refractivity contribution in [3.05, 3.63) is 59.9 Å². The first kappa shape index (κ1) is 14.7. The Balaban J connectivity index is 1.58. The number of guanidine groups is 1. The molecule has 0 saturated heterocycles. The highest BCUT2D eigenvalue weighted by atomic mass is 15.2. The van der Waals surface area contributed by atoms with Gasteiger partial charge < -0.3 is 15.2 Å². The predicted octanol–water partition coefficient (Wildman–Crippen LogP) is 2.64. The van der Waals surface area contributed by atoms with Crippen LogP contribution in [0.25, 0.3) is 0 Å². The lowest BCUT2D eigenvalue weighted by molar-refractivity contribution is 0.794. The van der Waals surface area contributed by atoms with Gasteiger partial charge in [-0.25, -0.2) is 4.99 Å². The predicted molar refractivity (Wildman–Crippen MR) is 91.0 cm³/mol. The first-order valence-corrected chi connectivity index (χ1v) is 7.97. The number of aromatic nitrogens is 1. The molecule has 0 aliphatic heterocycles. The van der Waals surface area contributed by atoms with Gasteiger partial charge in [-0.1, -0.05) is 30.3 Å². The summed E-state index contributed by atoms with van der Waals surface area (Å²) in [5.41, 5.74) is 2.65. The molecule has 22 heavy (non-hydrogen) atoms. The van der Waals surface area contributed by atoms with E-state index in [0.29, 0.717) is 18.5 Å². The van der Waals surface area contributed by atoms with Crippen LogP contribution in [0, 0.1) is 0 Å². The molecule has 1 aliphatic carbocycles. The molecule has 0 amide bonds. The Morgan fingerprint density at radius 1 is 1.27 bits per heavy atom. The summed E-state index contributed by atoms with van der Waals surface area (Å²) in [6.07, 6.45) is 5.34. The van der Waals surface area contributed by atoms with Crippen molar-refractivity contribution >= 4 is 5.96 Å². The Morgan fingerprint density at radius 3 is 2.77 bits per heavy atom. The third-order valence-corrected chi connectivity index (χ3v) is 4.00. The number of aliphatic imine (C=N–C) groups is 1. The van der Waals surface area contributed by atoms with Crippen LogP contribution in [0.4, 0.5) is 0 Å². The van der Waals surface area contributed by atoms with Crippen molar-refractivity contribution in [2.45, 2.75) is 31.8 Å². The third kappa shape index (κ3) is 3.70. The zero-order chi connectivity index (χ0) is 15.4. The molecule has 1 aromatic carbocycles. The maximum absolute atomic E-state index is 4.69. The molecule has 4 heteroatoms. The topological polar surface area (TPSA) is 41.4 Å². The van der Waals surface area contributed by atoms with Crippen molar-refractivity contribution in [2.24, 2.45) is 12.0 Å². The molecule has 1 saturated carbocycles. The maximum Gasteiger partial charge on any atom is 0.191 e. The fraction of sp³-hybridized carbons (Fsp3) is 0.389. The molecule has 2 atom stereocenters. The molecule has 3 rings (SSSR count). The van der Waals surface area contributed by atoms with Crippen molar-refractivity contribution in [3.8, 4) is 0 Å². The Morgan fingerprint density at radius 2 is 2.09 bits per heavy atom. The summed E-state index contributed by atoms with van der Waals surface area (Å²) >= 11 is 0. The van der Waals surface area contributed by atoms with Crippen LogP contribution in [-0.4, -0.2) is 23.1 Å². The van der Waals surface area contributed by atoms with Gasteiger partial charge in [0.1, 0.15) is 0 Å². The van der Waals surface area contributed by atoms with Gasteiger partial charge in [-0.3, -0.25) is 0 Å². The number of nitrogens with one attached hydrogen (secondary N) is 2. The molecule has 2 N–H and O–H groups in total. The van der Waals surface area contributed by atoms with Crippen LogP contribution >= 0.6 is 0 Å². The van der Waals surface area contributed by atoms with E-state index < -0.39 is 0 Å². The monoisotopic (exact) mass is 296 g/mol. The lowest BCUT2D eigenvalue weighted by Gasteiger charge is -2.11. The highest BCUT2D eigenvalue weighted by molar-refractivity contribution is 5.80. The quantitative estimate of drug-likeness (QED) is 0.658. The summed E-state index contributed by atoms with van der Waals surface area (Å²) in [4.78, 5) is 4.69. The summed E-state index contributed by atoms with van der Waals surface area (Å²) in [6, 6.07) is 13.3. The van der Waals surface area contributed by atoms with E-state index >= 15 is 0 Å². The van der Waals surface area contributed by atoms with E-state index in [1.165, 1.54) is 17.5 Å². The molecule has 1 aliphatic rings. The fourth-order valence-electron chi connectivity index (χ4n) is 2.74. The highest BCUT2D eigenvalue weighted by Gasteiger charge is 2.38. The molecule has 0 bridgehead atoms. The number of hydrogen-bond acceptors (Lipinski definition) is 1. The summed E-state index contributed by atoms with van der Waals surface area (Å²) in [5.74, 6) is 1.52. The SMILES string of the molecule is CCNC(=NCc1ccn(C)c1)NC1CC1c1ccccc1. The third-order valence-electron chi connectivity index (χ3n) is 4.00. The van der Waals surface area contributed by atoms with Crippen molar-refractivity contribution in [2.75, 3.05) is 6.54 Å². The molecular weight excluding hydrogens is 272 g/mol. The fourth-order valence-corrected chi connectivity index (χ4v) is 2.74. The zero-order valence-corrected chi connectivity index (χ0v) is 13.3. The van der Waals surface area contributed by atoms with Gasteiger partial charge in [0, 0.05) is 37.9 Å². The molecule has 4 nitrogen and oxygen atoms in total. The van der Waals surface area contributed by atoms with Crippen LogP contribution in [-0.2, 0) is 13.6 Å². The summed E-state index contributed by atoms with van der Waals surface area (Å²) in [5, 5.41) is 6.88. The lowest BCUT2D eigenvalue weighted by Crippen LogP contribution is -2.39. The van der Waals surface area contributed by atoms with Crippen molar-refractivity contribution in [3.63, 3.8) is 0 Å². The van der Waals surface area contributed by atoms with E-state index in [1.54, 1.807) is 0 Å². The van der Waals surface area contributed by atoms with Crippen LogP contribution in [0.1, 0.15) is 30.4 Å². The summed E-state index contributed by atoms with van der Waals surface area (Å²) in [7, 11) is 2.03. The average molecular weight is 296 g/mol. The van der Waals surface area contributed by atoms with Crippen molar-refractivity contribution < 1.29 is 0 Å². The Kier molecular flexibility index (Phi) is 4.47. The van der Waals surface area contributed by atoms with Crippen molar-refractivity contribution in [1.82, 2.24) is 15.2 Å². The van der Waals surface area contributed by atoms with E-state index in [0.717, 1.165) is 12.5 Å². The molecule has 116 valence electrons. The second-order valence-corrected chi connectivity index (χ2v) is 5.88. The van der Waals surface area contributed by atoms with Gasteiger partial charge >= 0.3 is 0 Å². The number of hydrogen-bond donors (Lipinski definition) is 2. The van der Waals surface area contributed by atoms with Crippen molar-refractivity contribution in [1.29, 1.82) is 0 Å². The second kappa shape index (κ2) is 6.69. The van der Waals surface area contributed by atoms with Gasteiger partial charge in [0.25, 0.3) is 0 Å². The van der Waals surface area contributed by atoms with Crippen LogP contribution in [0.15, 0.2) is 53.8 Å². The molecule has 1 fully saturated rings. The number of rotatable bonds is 5. The van der Waals surface area contributed by atoms with E-state index in [1.807, 2.05) is 7.05 Å². The number of nitrogens with zero attached hydrogens (tertiary/aromatic N) is 2. The molecule has 1 aromatic heterocycles. The van der Waals surface area contributed by atoms with Gasteiger partial charge in [-0.15, -0.1) is 0 Å². The minimum atomic E-state index is 0.496. The van der Waals surface area contributed by atoms with Gasteiger partial charge in [0.15, 0.2) is 5.96 Å². The molecule has 2 aromatic rings. The van der Waals surface area contributed by atoms with Gasteiger partial charge in [-0.05, 0) is 30.5 Å². The standard InChI is InChI=1S/C18H24N4/c1-3-19-18(20-12-14-9-10-22(2)13-14)21-17-11-16(17)15-7-5-4-6-8-15/h4-10,13,16-17H,3,11-12H2,1-2H3,(H2,19,20,21). The van der Waals surface area contributed by atoms with Crippen LogP contribution in [0.5, 0.6) is 0 Å². The average Bonchev–Trinajstić information content (AvgIpc) is 3.18. The molecule has 1 heterocycles. The van der Waals surface area contributed by atoms with Gasteiger partial charge in [0.2, 0.25) is 0 Å². The first-order valence-electron chi connectivity index (χ1n) is 7.97. The molecular formula is C18H24N4. The van der Waals surface area contributed by atoms with Gasteiger partial charge in [0.05, 0.1) is 6.54 Å². The van der Waals surface area contributed by atoms with Gasteiger partial charge in [-0.2, -0.15) is 0 Å². The smallest absolute Gasteiger partial charge is 0.191 e. The van der Waals surface area contributed by atoms with Crippen LogP contribution < -0.4 is 10.6 Å². The number of aryl methyl sites for hydroxylation is 1. The van der Waals surface area contributed by atoms with Crippen LogP contribution in [0.2, 0.25) is 0 Å². The van der Waals surface area contributed by atoms with E-state index in [4.69, 9.17) is 0 Å². The normalized spacial score (nSPS) is 20.7. The first-order chi connectivity index (χ1) is 10.8. The van der Waals surface area contributed by atoms with Crippen LogP contribution in [0.3, 0.4) is 0 Å². The van der Waals surface area contributed by atoms with E-state index in [2.05, 4.69) is 75.9 Å². The minimum Gasteiger partial charge on any atom is -0.357 e. The minimum absolute atomic E-state index is 0.496. The summed E-state index contributed by atoms with van der Waals surface area (Å²) < 4.78 is 2.05. The maximum atomic E-state index is 4.69. The molecule has 0 spiro atoms. The second-order valence-electron chi connectivity index (χ2n) is 5.88. The highest BCUT2D eigenvalue weighted by Crippen LogP contribution is 2.40. The Labute approximate surface area is 132 Å². The Hall–Kier alpha value is -2.23. The largest absolute Gasteiger partial charge is 0.357 e.